The molecule has 0 radical (unpaired) electrons. The van der Waals surface area contributed by atoms with E-state index in [9.17, 15) is 0 Å². The quantitative estimate of drug-likeness (QED) is 0.768. The first-order valence-electron chi connectivity index (χ1n) is 6.56. The molecule has 0 saturated heterocycles. The van der Waals surface area contributed by atoms with E-state index in [1.165, 1.54) is 0 Å². The van der Waals surface area contributed by atoms with E-state index in [1.807, 2.05) is 37.4 Å². The Morgan fingerprint density at radius 2 is 1.89 bits per heavy atom. The van der Waals surface area contributed by atoms with E-state index in [-0.39, 0.29) is 6.04 Å². The number of nitrogens with one attached hydrogen (secondary N) is 1. The van der Waals surface area contributed by atoms with Crippen LogP contribution in [0.1, 0.15) is 30.2 Å². The molecule has 1 N–H and O–H groups in total. The van der Waals surface area contributed by atoms with E-state index in [0.29, 0.717) is 0 Å². The molecule has 0 aliphatic heterocycles. The zero-order valence-electron chi connectivity index (χ0n) is 11.1. The first-order chi connectivity index (χ1) is 9.31. The fourth-order valence-electron chi connectivity index (χ4n) is 2.31. The lowest BCUT2D eigenvalue weighted by Crippen LogP contribution is -2.16. The highest BCUT2D eigenvalue weighted by molar-refractivity contribution is 5.77. The van der Waals surface area contributed by atoms with Crippen molar-refractivity contribution in [3.05, 3.63) is 59.7 Å². The molecule has 0 fully saturated rings. The van der Waals surface area contributed by atoms with Gasteiger partial charge in [-0.3, -0.25) is 0 Å². The molecule has 1 atom stereocenters. The maximum Gasteiger partial charge on any atom is 0.134 e. The van der Waals surface area contributed by atoms with Gasteiger partial charge in [0, 0.05) is 11.8 Å². The van der Waals surface area contributed by atoms with Gasteiger partial charge < -0.3 is 14.2 Å². The molecule has 1 aromatic carbocycles. The van der Waals surface area contributed by atoms with E-state index >= 15 is 0 Å². The predicted molar refractivity (Wildman–Crippen MR) is 75.2 cm³/mol. The number of para-hydroxylation sites is 1. The summed E-state index contributed by atoms with van der Waals surface area (Å²) in [5.74, 6) is 2.76. The summed E-state index contributed by atoms with van der Waals surface area (Å²) in [6.45, 7) is 2.08. The van der Waals surface area contributed by atoms with Crippen LogP contribution in [-0.4, -0.2) is 7.05 Å². The summed E-state index contributed by atoms with van der Waals surface area (Å²) in [6.07, 6.45) is 0.899. The van der Waals surface area contributed by atoms with Crippen LogP contribution in [0.15, 0.2) is 51.3 Å². The van der Waals surface area contributed by atoms with Crippen LogP contribution in [-0.2, 0) is 6.42 Å². The van der Waals surface area contributed by atoms with Crippen molar-refractivity contribution in [2.24, 2.45) is 0 Å². The minimum Gasteiger partial charge on any atom is -0.464 e. The van der Waals surface area contributed by atoms with Gasteiger partial charge in [-0.1, -0.05) is 25.1 Å². The molecule has 19 heavy (non-hydrogen) atoms. The second kappa shape index (κ2) is 4.94. The highest BCUT2D eigenvalue weighted by Gasteiger charge is 2.19. The van der Waals surface area contributed by atoms with E-state index < -0.39 is 0 Å². The van der Waals surface area contributed by atoms with Gasteiger partial charge in [0.05, 0.1) is 0 Å². The molecular weight excluding hydrogens is 238 g/mol. The van der Waals surface area contributed by atoms with Crippen LogP contribution in [0.2, 0.25) is 0 Å². The van der Waals surface area contributed by atoms with E-state index in [0.717, 1.165) is 34.7 Å². The summed E-state index contributed by atoms with van der Waals surface area (Å²) >= 11 is 0. The lowest BCUT2D eigenvalue weighted by Gasteiger charge is -2.10. The molecule has 1 unspecified atom stereocenters. The Morgan fingerprint density at radius 1 is 1.05 bits per heavy atom. The van der Waals surface area contributed by atoms with Crippen molar-refractivity contribution in [2.45, 2.75) is 19.4 Å². The maximum absolute atomic E-state index is 5.90. The Balaban J connectivity index is 2.01. The van der Waals surface area contributed by atoms with Crippen LogP contribution in [0.5, 0.6) is 0 Å². The van der Waals surface area contributed by atoms with Gasteiger partial charge >= 0.3 is 0 Å². The van der Waals surface area contributed by atoms with Crippen molar-refractivity contribution >= 4 is 11.0 Å². The number of hydrogen-bond donors (Lipinski definition) is 1. The Morgan fingerprint density at radius 3 is 2.58 bits per heavy atom. The van der Waals surface area contributed by atoms with Gasteiger partial charge in [-0.15, -0.1) is 0 Å². The van der Waals surface area contributed by atoms with Crippen molar-refractivity contribution in [3.8, 4) is 0 Å². The number of rotatable bonds is 4. The van der Waals surface area contributed by atoms with Gasteiger partial charge in [0.15, 0.2) is 0 Å². The van der Waals surface area contributed by atoms with Crippen molar-refractivity contribution in [1.29, 1.82) is 0 Å². The number of fused-ring (bicyclic) bond motifs is 1. The molecule has 98 valence electrons. The number of benzene rings is 1. The fourth-order valence-corrected chi connectivity index (χ4v) is 2.31. The van der Waals surface area contributed by atoms with Gasteiger partial charge in [0.1, 0.15) is 28.9 Å². The molecule has 3 rings (SSSR count). The van der Waals surface area contributed by atoms with Crippen molar-refractivity contribution in [2.75, 3.05) is 7.05 Å². The predicted octanol–water partition coefficient (Wildman–Crippen LogP) is 3.90. The summed E-state index contributed by atoms with van der Waals surface area (Å²) in [7, 11) is 1.91. The average molecular weight is 255 g/mol. The third-order valence-electron chi connectivity index (χ3n) is 3.33. The second-order valence-corrected chi connectivity index (χ2v) is 4.57. The summed E-state index contributed by atoms with van der Waals surface area (Å²) < 4.78 is 11.7. The molecule has 2 heterocycles. The van der Waals surface area contributed by atoms with Crippen LogP contribution in [0.25, 0.3) is 11.0 Å². The van der Waals surface area contributed by atoms with E-state index in [2.05, 4.69) is 24.4 Å². The van der Waals surface area contributed by atoms with Crippen LogP contribution >= 0.6 is 0 Å². The van der Waals surface area contributed by atoms with Crippen LogP contribution in [0.3, 0.4) is 0 Å². The minimum absolute atomic E-state index is 0.0484. The molecule has 0 aliphatic carbocycles. The molecule has 2 aromatic heterocycles. The lowest BCUT2D eigenvalue weighted by molar-refractivity contribution is 0.398. The second-order valence-electron chi connectivity index (χ2n) is 4.57. The largest absolute Gasteiger partial charge is 0.464 e. The Hall–Kier alpha value is -2.00. The molecule has 3 heteroatoms. The van der Waals surface area contributed by atoms with E-state index in [1.54, 1.807) is 0 Å². The molecule has 0 spiro atoms. The monoisotopic (exact) mass is 255 g/mol. The van der Waals surface area contributed by atoms with Crippen molar-refractivity contribution in [1.82, 2.24) is 5.32 Å². The Kier molecular flexibility index (Phi) is 3.13. The van der Waals surface area contributed by atoms with Gasteiger partial charge in [-0.05, 0) is 31.3 Å². The molecule has 3 aromatic rings. The molecular formula is C16H17NO2. The van der Waals surface area contributed by atoms with E-state index in [4.69, 9.17) is 8.83 Å². The third kappa shape index (κ3) is 2.17. The van der Waals surface area contributed by atoms with Crippen LogP contribution in [0.4, 0.5) is 0 Å². The van der Waals surface area contributed by atoms with Gasteiger partial charge in [0.25, 0.3) is 0 Å². The van der Waals surface area contributed by atoms with Gasteiger partial charge in [-0.2, -0.15) is 0 Å². The van der Waals surface area contributed by atoms with Gasteiger partial charge in [-0.25, -0.2) is 0 Å². The highest BCUT2D eigenvalue weighted by atomic mass is 16.4. The Labute approximate surface area is 112 Å². The summed E-state index contributed by atoms with van der Waals surface area (Å²) in [6, 6.07) is 14.1. The van der Waals surface area contributed by atoms with Crippen LogP contribution < -0.4 is 5.32 Å². The lowest BCUT2D eigenvalue weighted by atomic mass is 10.1. The summed E-state index contributed by atoms with van der Waals surface area (Å²) in [4.78, 5) is 0. The molecule has 0 bridgehead atoms. The minimum atomic E-state index is -0.0484. The molecule has 0 saturated carbocycles. The number of hydrogen-bond acceptors (Lipinski definition) is 3. The smallest absolute Gasteiger partial charge is 0.134 e. The number of aryl methyl sites for hydroxylation is 1. The standard InChI is InChI=1S/C16H17NO2/c1-3-12-8-9-14(18-12)16(17-2)15-10-11-6-4-5-7-13(11)19-15/h4-10,16-17H,3H2,1-2H3. The average Bonchev–Trinajstić information content (AvgIpc) is 3.05. The highest BCUT2D eigenvalue weighted by Crippen LogP contribution is 2.29. The topological polar surface area (TPSA) is 38.3 Å². The molecule has 3 nitrogen and oxygen atoms in total. The maximum atomic E-state index is 5.90. The first-order valence-corrected chi connectivity index (χ1v) is 6.56. The fraction of sp³-hybridized carbons (Fsp3) is 0.250. The number of furan rings is 2. The first kappa shape index (κ1) is 12.1. The zero-order valence-corrected chi connectivity index (χ0v) is 11.1. The van der Waals surface area contributed by atoms with Crippen LogP contribution in [0, 0.1) is 0 Å². The Bertz CT molecular complexity index is 648. The third-order valence-corrected chi connectivity index (χ3v) is 3.33. The molecule has 0 amide bonds. The SMILES string of the molecule is CCc1ccc(C(NC)c2cc3ccccc3o2)o1. The summed E-state index contributed by atoms with van der Waals surface area (Å²) in [5.41, 5.74) is 0.903. The van der Waals surface area contributed by atoms with Crippen molar-refractivity contribution < 1.29 is 8.83 Å². The summed E-state index contributed by atoms with van der Waals surface area (Å²) in [5, 5.41) is 4.36. The zero-order chi connectivity index (χ0) is 13.2. The van der Waals surface area contributed by atoms with Gasteiger partial charge in [0.2, 0.25) is 0 Å². The molecule has 0 aliphatic rings. The normalized spacial score (nSPS) is 12.9. The van der Waals surface area contributed by atoms with Crippen molar-refractivity contribution in [3.63, 3.8) is 0 Å².